The highest BCUT2D eigenvalue weighted by Gasteiger charge is 2.11. The van der Waals surface area contributed by atoms with Gasteiger partial charge in [0.05, 0.1) is 13.2 Å². The fraction of sp³-hybridized carbons (Fsp3) is 0.316. The van der Waals surface area contributed by atoms with Crippen molar-refractivity contribution in [2.75, 3.05) is 19.7 Å². The van der Waals surface area contributed by atoms with Gasteiger partial charge in [-0.25, -0.2) is 0 Å². The minimum Gasteiger partial charge on any atom is -0.395 e. The summed E-state index contributed by atoms with van der Waals surface area (Å²) in [6, 6.07) is 18.0. The van der Waals surface area contributed by atoms with E-state index in [0.29, 0.717) is 19.6 Å². The Morgan fingerprint density at radius 1 is 1.09 bits per heavy atom. The van der Waals surface area contributed by atoms with Gasteiger partial charge in [0.1, 0.15) is 0 Å². The maximum absolute atomic E-state index is 12.2. The SMILES string of the molecule is Cc1ccccc1CNC(=O)CN(CCO)Cc1ccccc1. The molecule has 0 saturated carbocycles. The first-order valence-corrected chi connectivity index (χ1v) is 7.87. The summed E-state index contributed by atoms with van der Waals surface area (Å²) < 4.78 is 0. The second-order valence-corrected chi connectivity index (χ2v) is 5.62. The molecule has 0 fully saturated rings. The summed E-state index contributed by atoms with van der Waals surface area (Å²) in [4.78, 5) is 14.1. The molecule has 2 N–H and O–H groups in total. The highest BCUT2D eigenvalue weighted by molar-refractivity contribution is 5.78. The number of hydrogen-bond donors (Lipinski definition) is 2. The van der Waals surface area contributed by atoms with Gasteiger partial charge >= 0.3 is 0 Å². The Labute approximate surface area is 137 Å². The van der Waals surface area contributed by atoms with Crippen molar-refractivity contribution in [2.45, 2.75) is 20.0 Å². The van der Waals surface area contributed by atoms with Gasteiger partial charge in [-0.1, -0.05) is 54.6 Å². The molecule has 0 aromatic heterocycles. The quantitative estimate of drug-likeness (QED) is 0.785. The lowest BCUT2D eigenvalue weighted by molar-refractivity contribution is -0.122. The molecule has 0 atom stereocenters. The van der Waals surface area contributed by atoms with Gasteiger partial charge in [0.15, 0.2) is 0 Å². The molecular formula is C19H24N2O2. The lowest BCUT2D eigenvalue weighted by atomic mass is 10.1. The van der Waals surface area contributed by atoms with E-state index in [-0.39, 0.29) is 19.1 Å². The van der Waals surface area contributed by atoms with Crippen molar-refractivity contribution in [1.29, 1.82) is 0 Å². The van der Waals surface area contributed by atoms with Crippen molar-refractivity contribution in [2.24, 2.45) is 0 Å². The van der Waals surface area contributed by atoms with E-state index in [9.17, 15) is 9.90 Å². The molecule has 0 unspecified atom stereocenters. The molecular weight excluding hydrogens is 288 g/mol. The number of rotatable bonds is 8. The molecule has 0 saturated heterocycles. The molecule has 2 aromatic carbocycles. The number of aliphatic hydroxyl groups excluding tert-OH is 1. The number of aryl methyl sites for hydroxylation is 1. The van der Waals surface area contributed by atoms with Crippen molar-refractivity contribution in [3.8, 4) is 0 Å². The van der Waals surface area contributed by atoms with Gasteiger partial charge in [0, 0.05) is 19.6 Å². The summed E-state index contributed by atoms with van der Waals surface area (Å²) in [7, 11) is 0. The van der Waals surface area contributed by atoms with Gasteiger partial charge in [0.25, 0.3) is 0 Å². The van der Waals surface area contributed by atoms with E-state index in [0.717, 1.165) is 11.1 Å². The van der Waals surface area contributed by atoms with E-state index in [1.807, 2.05) is 66.4 Å². The molecule has 4 nitrogen and oxygen atoms in total. The summed E-state index contributed by atoms with van der Waals surface area (Å²) in [5.41, 5.74) is 3.43. The smallest absolute Gasteiger partial charge is 0.234 e. The Hall–Kier alpha value is -2.17. The molecule has 0 heterocycles. The van der Waals surface area contributed by atoms with Crippen LogP contribution in [0.4, 0.5) is 0 Å². The zero-order valence-corrected chi connectivity index (χ0v) is 13.5. The van der Waals surface area contributed by atoms with Crippen LogP contribution in [0.25, 0.3) is 0 Å². The van der Waals surface area contributed by atoms with Crippen molar-refractivity contribution in [1.82, 2.24) is 10.2 Å². The molecule has 2 rings (SSSR count). The van der Waals surface area contributed by atoms with Crippen LogP contribution in [-0.2, 0) is 17.9 Å². The molecule has 0 radical (unpaired) electrons. The third-order valence-corrected chi connectivity index (χ3v) is 3.77. The van der Waals surface area contributed by atoms with Gasteiger partial charge in [-0.2, -0.15) is 0 Å². The lowest BCUT2D eigenvalue weighted by Gasteiger charge is -2.21. The molecule has 1 amide bonds. The molecule has 0 aliphatic heterocycles. The molecule has 23 heavy (non-hydrogen) atoms. The largest absolute Gasteiger partial charge is 0.395 e. The van der Waals surface area contributed by atoms with Crippen LogP contribution in [0.15, 0.2) is 54.6 Å². The maximum Gasteiger partial charge on any atom is 0.234 e. The van der Waals surface area contributed by atoms with Gasteiger partial charge in [-0.3, -0.25) is 9.69 Å². The maximum atomic E-state index is 12.2. The number of benzene rings is 2. The predicted molar refractivity (Wildman–Crippen MR) is 91.8 cm³/mol. The lowest BCUT2D eigenvalue weighted by Crippen LogP contribution is -2.38. The number of nitrogens with zero attached hydrogens (tertiary/aromatic N) is 1. The predicted octanol–water partition coefficient (Wildman–Crippen LogP) is 2.11. The summed E-state index contributed by atoms with van der Waals surface area (Å²) in [6.07, 6.45) is 0. The molecule has 2 aromatic rings. The van der Waals surface area contributed by atoms with Gasteiger partial charge < -0.3 is 10.4 Å². The average Bonchev–Trinajstić information content (AvgIpc) is 2.55. The number of amides is 1. The molecule has 0 aliphatic rings. The second-order valence-electron chi connectivity index (χ2n) is 5.62. The van der Waals surface area contributed by atoms with Crippen molar-refractivity contribution in [3.05, 3.63) is 71.3 Å². The highest BCUT2D eigenvalue weighted by atomic mass is 16.3. The third kappa shape index (κ3) is 5.85. The molecule has 0 spiro atoms. The van der Waals surface area contributed by atoms with Crippen LogP contribution in [0.3, 0.4) is 0 Å². The molecule has 0 aliphatic carbocycles. The Bertz CT molecular complexity index is 614. The standard InChI is InChI=1S/C19H24N2O2/c1-16-7-5-6-10-18(16)13-20-19(23)15-21(11-12-22)14-17-8-3-2-4-9-17/h2-10,22H,11-15H2,1H3,(H,20,23). The molecule has 122 valence electrons. The second kappa shape index (κ2) is 9.08. The molecule has 0 bridgehead atoms. The first-order valence-electron chi connectivity index (χ1n) is 7.87. The van der Waals surface area contributed by atoms with Crippen molar-refractivity contribution >= 4 is 5.91 Å². The minimum atomic E-state index is -0.0300. The first kappa shape index (κ1) is 17.2. The van der Waals surface area contributed by atoms with Crippen LogP contribution >= 0.6 is 0 Å². The van der Waals surface area contributed by atoms with Crippen LogP contribution in [0.5, 0.6) is 0 Å². The van der Waals surface area contributed by atoms with Crippen molar-refractivity contribution < 1.29 is 9.90 Å². The monoisotopic (exact) mass is 312 g/mol. The average molecular weight is 312 g/mol. The topological polar surface area (TPSA) is 52.6 Å². The number of carbonyl (C=O) groups is 1. The van der Waals surface area contributed by atoms with Crippen LogP contribution in [-0.4, -0.2) is 35.6 Å². The number of carbonyl (C=O) groups excluding carboxylic acids is 1. The Kier molecular flexibility index (Phi) is 6.78. The number of aliphatic hydroxyl groups is 1. The highest BCUT2D eigenvalue weighted by Crippen LogP contribution is 2.07. The Morgan fingerprint density at radius 2 is 1.78 bits per heavy atom. The van der Waals surface area contributed by atoms with Gasteiger partial charge in [-0.15, -0.1) is 0 Å². The minimum absolute atomic E-state index is 0.0300. The zero-order valence-electron chi connectivity index (χ0n) is 13.5. The molecule has 4 heteroatoms. The van der Waals surface area contributed by atoms with E-state index >= 15 is 0 Å². The van der Waals surface area contributed by atoms with Crippen LogP contribution in [0.2, 0.25) is 0 Å². The fourth-order valence-electron chi connectivity index (χ4n) is 2.46. The summed E-state index contributed by atoms with van der Waals surface area (Å²) >= 11 is 0. The normalized spacial score (nSPS) is 10.7. The summed E-state index contributed by atoms with van der Waals surface area (Å²) in [6.45, 7) is 4.02. The zero-order chi connectivity index (χ0) is 16.5. The van der Waals surface area contributed by atoms with Crippen LogP contribution in [0, 0.1) is 6.92 Å². The number of nitrogens with one attached hydrogen (secondary N) is 1. The van der Waals surface area contributed by atoms with E-state index in [2.05, 4.69) is 5.32 Å². The van der Waals surface area contributed by atoms with Gasteiger partial charge in [0.2, 0.25) is 5.91 Å². The van der Waals surface area contributed by atoms with Crippen LogP contribution in [0.1, 0.15) is 16.7 Å². The third-order valence-electron chi connectivity index (χ3n) is 3.77. The summed E-state index contributed by atoms with van der Waals surface area (Å²) in [5.74, 6) is -0.0300. The number of hydrogen-bond acceptors (Lipinski definition) is 3. The Morgan fingerprint density at radius 3 is 2.48 bits per heavy atom. The van der Waals surface area contributed by atoms with Crippen LogP contribution < -0.4 is 5.32 Å². The van der Waals surface area contributed by atoms with E-state index in [4.69, 9.17) is 0 Å². The van der Waals surface area contributed by atoms with Crippen molar-refractivity contribution in [3.63, 3.8) is 0 Å². The first-order chi connectivity index (χ1) is 11.2. The Balaban J connectivity index is 1.86. The van der Waals surface area contributed by atoms with E-state index in [1.165, 1.54) is 5.56 Å². The van der Waals surface area contributed by atoms with E-state index in [1.54, 1.807) is 0 Å². The van der Waals surface area contributed by atoms with E-state index < -0.39 is 0 Å². The summed E-state index contributed by atoms with van der Waals surface area (Å²) in [5, 5.41) is 12.2. The van der Waals surface area contributed by atoms with Gasteiger partial charge in [-0.05, 0) is 23.6 Å². The fourth-order valence-corrected chi connectivity index (χ4v) is 2.46.